The smallest absolute Gasteiger partial charge is 0.252 e. The van der Waals surface area contributed by atoms with Crippen molar-refractivity contribution in [3.8, 4) is 0 Å². The molecule has 1 atom stereocenters. The highest BCUT2D eigenvalue weighted by atomic mass is 79.9. The summed E-state index contributed by atoms with van der Waals surface area (Å²) in [6.07, 6.45) is 1.07. The van der Waals surface area contributed by atoms with Crippen molar-refractivity contribution >= 4 is 49.5 Å². The number of benzene rings is 1. The van der Waals surface area contributed by atoms with Crippen LogP contribution in [-0.4, -0.2) is 23.5 Å². The summed E-state index contributed by atoms with van der Waals surface area (Å²) in [5, 5.41) is 3.05. The molecule has 0 saturated carbocycles. The quantitative estimate of drug-likeness (QED) is 0.870. The van der Waals surface area contributed by atoms with Gasteiger partial charge in [-0.1, -0.05) is 15.9 Å². The molecule has 0 aromatic heterocycles. The van der Waals surface area contributed by atoms with Crippen molar-refractivity contribution in [2.75, 3.05) is 11.5 Å². The van der Waals surface area contributed by atoms with E-state index in [2.05, 4.69) is 37.2 Å². The lowest BCUT2D eigenvalue weighted by Gasteiger charge is -2.12. The normalized spacial score (nSPS) is 19.8. The van der Waals surface area contributed by atoms with E-state index < -0.39 is 0 Å². The zero-order valence-corrected chi connectivity index (χ0v) is 12.5. The maximum Gasteiger partial charge on any atom is 0.252 e. The standard InChI is InChI=1S/C11H11Br2NOS/c12-7-1-2-10(13)9(5-7)11(15)14-8-3-4-16-6-8/h1-2,5,8H,3-4,6H2,(H,14,15). The number of nitrogens with one attached hydrogen (secondary N) is 1. The number of carbonyl (C=O) groups is 1. The van der Waals surface area contributed by atoms with Crippen molar-refractivity contribution in [1.82, 2.24) is 5.32 Å². The van der Waals surface area contributed by atoms with Gasteiger partial charge in [0.25, 0.3) is 5.91 Å². The van der Waals surface area contributed by atoms with Crippen molar-refractivity contribution in [2.24, 2.45) is 0 Å². The number of hydrogen-bond acceptors (Lipinski definition) is 2. The van der Waals surface area contributed by atoms with Gasteiger partial charge in [-0.15, -0.1) is 0 Å². The molecule has 1 fully saturated rings. The Kier molecular flexibility index (Phi) is 4.33. The van der Waals surface area contributed by atoms with Gasteiger partial charge in [0.15, 0.2) is 0 Å². The molecule has 0 spiro atoms. The third-order valence-corrected chi connectivity index (χ3v) is 4.79. The van der Waals surface area contributed by atoms with Gasteiger partial charge in [-0.2, -0.15) is 11.8 Å². The Labute approximate surface area is 116 Å². The van der Waals surface area contributed by atoms with Crippen molar-refractivity contribution in [3.05, 3.63) is 32.7 Å². The van der Waals surface area contributed by atoms with Gasteiger partial charge in [-0.25, -0.2) is 0 Å². The molecule has 5 heteroatoms. The molecule has 0 aliphatic carbocycles. The minimum atomic E-state index is 0.000625. The number of carbonyl (C=O) groups excluding carboxylic acids is 1. The summed E-state index contributed by atoms with van der Waals surface area (Å²) in [7, 11) is 0. The number of rotatable bonds is 2. The van der Waals surface area contributed by atoms with Crippen LogP contribution in [0.1, 0.15) is 16.8 Å². The number of amides is 1. The highest BCUT2D eigenvalue weighted by Crippen LogP contribution is 2.23. The van der Waals surface area contributed by atoms with E-state index in [-0.39, 0.29) is 5.91 Å². The number of halogens is 2. The topological polar surface area (TPSA) is 29.1 Å². The van der Waals surface area contributed by atoms with Crippen LogP contribution in [0.4, 0.5) is 0 Å². The van der Waals surface area contributed by atoms with Crippen molar-refractivity contribution in [2.45, 2.75) is 12.5 Å². The van der Waals surface area contributed by atoms with E-state index in [1.165, 1.54) is 0 Å². The molecule has 1 aliphatic heterocycles. The van der Waals surface area contributed by atoms with Crippen LogP contribution in [0.3, 0.4) is 0 Å². The van der Waals surface area contributed by atoms with Crippen molar-refractivity contribution < 1.29 is 4.79 Å². The van der Waals surface area contributed by atoms with E-state index in [1.807, 2.05) is 30.0 Å². The summed E-state index contributed by atoms with van der Waals surface area (Å²) in [5.74, 6) is 2.17. The molecule has 86 valence electrons. The molecule has 0 radical (unpaired) electrons. The first-order chi connectivity index (χ1) is 7.66. The van der Waals surface area contributed by atoms with Crippen LogP contribution in [-0.2, 0) is 0 Å². The van der Waals surface area contributed by atoms with E-state index in [4.69, 9.17) is 0 Å². The highest BCUT2D eigenvalue weighted by Gasteiger charge is 2.19. The first kappa shape index (κ1) is 12.5. The summed E-state index contributed by atoms with van der Waals surface area (Å²) in [6.45, 7) is 0. The average Bonchev–Trinajstić information content (AvgIpc) is 2.74. The Bertz CT molecular complexity index is 405. The largest absolute Gasteiger partial charge is 0.348 e. The molecule has 1 amide bonds. The van der Waals surface area contributed by atoms with Crippen LogP contribution in [0, 0.1) is 0 Å². The number of thioether (sulfide) groups is 1. The second-order valence-electron chi connectivity index (χ2n) is 3.66. The van der Waals surface area contributed by atoms with Crippen LogP contribution in [0.15, 0.2) is 27.1 Å². The fourth-order valence-corrected chi connectivity index (χ4v) is 3.52. The molecule has 16 heavy (non-hydrogen) atoms. The highest BCUT2D eigenvalue weighted by molar-refractivity contribution is 9.11. The minimum Gasteiger partial charge on any atom is -0.348 e. The van der Waals surface area contributed by atoms with Crippen molar-refractivity contribution in [1.29, 1.82) is 0 Å². The predicted octanol–water partition coefficient (Wildman–Crippen LogP) is 3.45. The Hall–Kier alpha value is -0.000000000000000111. The summed E-state index contributed by atoms with van der Waals surface area (Å²) in [5.41, 5.74) is 0.686. The Balaban J connectivity index is 2.10. The molecular weight excluding hydrogens is 354 g/mol. The summed E-state index contributed by atoms with van der Waals surface area (Å²) >= 11 is 8.66. The SMILES string of the molecule is O=C(NC1CCSC1)c1cc(Br)ccc1Br. The van der Waals surface area contributed by atoms with Crippen LogP contribution >= 0.6 is 43.6 Å². The molecule has 0 bridgehead atoms. The fraction of sp³-hybridized carbons (Fsp3) is 0.364. The zero-order chi connectivity index (χ0) is 11.5. The average molecular weight is 365 g/mol. The lowest BCUT2D eigenvalue weighted by atomic mass is 10.2. The molecular formula is C11H11Br2NOS. The van der Waals surface area contributed by atoms with Gasteiger partial charge in [0.05, 0.1) is 5.56 Å². The second kappa shape index (κ2) is 5.56. The van der Waals surface area contributed by atoms with Gasteiger partial charge >= 0.3 is 0 Å². The number of hydrogen-bond donors (Lipinski definition) is 1. The third-order valence-electron chi connectivity index (χ3n) is 2.44. The first-order valence-electron chi connectivity index (χ1n) is 5.00. The molecule has 1 saturated heterocycles. The molecule has 1 aliphatic rings. The monoisotopic (exact) mass is 363 g/mol. The van der Waals surface area contributed by atoms with E-state index in [0.29, 0.717) is 11.6 Å². The van der Waals surface area contributed by atoms with Gasteiger partial charge < -0.3 is 5.32 Å². The van der Waals surface area contributed by atoms with E-state index in [9.17, 15) is 4.79 Å². The first-order valence-corrected chi connectivity index (χ1v) is 7.74. The summed E-state index contributed by atoms with van der Waals surface area (Å²) < 4.78 is 1.75. The van der Waals surface area contributed by atoms with E-state index in [1.54, 1.807) is 0 Å². The van der Waals surface area contributed by atoms with E-state index in [0.717, 1.165) is 26.9 Å². The van der Waals surface area contributed by atoms with Crippen LogP contribution in [0.5, 0.6) is 0 Å². The Morgan fingerprint density at radius 2 is 2.25 bits per heavy atom. The van der Waals surface area contributed by atoms with Crippen LogP contribution < -0.4 is 5.32 Å². The molecule has 1 heterocycles. The lowest BCUT2D eigenvalue weighted by Crippen LogP contribution is -2.34. The Morgan fingerprint density at radius 3 is 2.94 bits per heavy atom. The van der Waals surface area contributed by atoms with Gasteiger partial charge in [0, 0.05) is 20.7 Å². The van der Waals surface area contributed by atoms with E-state index >= 15 is 0 Å². The maximum atomic E-state index is 12.0. The van der Waals surface area contributed by atoms with Crippen LogP contribution in [0.25, 0.3) is 0 Å². The maximum absolute atomic E-state index is 12.0. The molecule has 2 nitrogen and oxygen atoms in total. The molecule has 2 rings (SSSR count). The third kappa shape index (κ3) is 3.02. The molecule has 1 N–H and O–H groups in total. The van der Waals surface area contributed by atoms with Gasteiger partial charge in [-0.3, -0.25) is 4.79 Å². The molecule has 1 aromatic carbocycles. The lowest BCUT2D eigenvalue weighted by molar-refractivity contribution is 0.0940. The Morgan fingerprint density at radius 1 is 1.44 bits per heavy atom. The predicted molar refractivity (Wildman–Crippen MR) is 75.0 cm³/mol. The fourth-order valence-electron chi connectivity index (χ4n) is 1.58. The summed E-state index contributed by atoms with van der Waals surface area (Å²) in [6, 6.07) is 5.94. The molecule has 1 aromatic rings. The second-order valence-corrected chi connectivity index (χ2v) is 6.58. The van der Waals surface area contributed by atoms with Crippen LogP contribution in [0.2, 0.25) is 0 Å². The molecule has 1 unspecified atom stereocenters. The van der Waals surface area contributed by atoms with Gasteiger partial charge in [-0.05, 0) is 46.3 Å². The van der Waals surface area contributed by atoms with Crippen molar-refractivity contribution in [3.63, 3.8) is 0 Å². The zero-order valence-electron chi connectivity index (χ0n) is 8.50. The van der Waals surface area contributed by atoms with Gasteiger partial charge in [0.1, 0.15) is 0 Å². The van der Waals surface area contributed by atoms with Gasteiger partial charge in [0.2, 0.25) is 0 Å². The minimum absolute atomic E-state index is 0.000625. The summed E-state index contributed by atoms with van der Waals surface area (Å²) in [4.78, 5) is 12.0.